The van der Waals surface area contributed by atoms with Gasteiger partial charge in [-0.2, -0.15) is 0 Å². The number of aryl methyl sites for hydroxylation is 1. The molecule has 0 saturated heterocycles. The second-order valence-electron chi connectivity index (χ2n) is 4.38. The van der Waals surface area contributed by atoms with E-state index in [1.807, 2.05) is 25.1 Å². The van der Waals surface area contributed by atoms with Gasteiger partial charge in [0.2, 0.25) is 0 Å². The lowest BCUT2D eigenvalue weighted by Gasteiger charge is -2.15. The molecular formula is C14H18N2O2. The van der Waals surface area contributed by atoms with Crippen LogP contribution in [0.1, 0.15) is 17.1 Å². The molecule has 0 saturated carbocycles. The molecule has 0 N–H and O–H groups in total. The van der Waals surface area contributed by atoms with Crippen molar-refractivity contribution < 1.29 is 9.15 Å². The van der Waals surface area contributed by atoms with Crippen molar-refractivity contribution in [2.75, 3.05) is 14.2 Å². The van der Waals surface area contributed by atoms with Crippen LogP contribution in [0, 0.1) is 6.92 Å². The quantitative estimate of drug-likeness (QED) is 0.813. The topological polar surface area (TPSA) is 38.5 Å². The van der Waals surface area contributed by atoms with Gasteiger partial charge in [0, 0.05) is 20.0 Å². The average Bonchev–Trinajstić information content (AvgIpc) is 2.74. The fourth-order valence-electron chi connectivity index (χ4n) is 1.90. The highest BCUT2D eigenvalue weighted by atomic mass is 16.5. The normalized spacial score (nSPS) is 10.9. The highest BCUT2D eigenvalue weighted by Crippen LogP contribution is 2.14. The molecule has 0 aliphatic carbocycles. The van der Waals surface area contributed by atoms with Crippen LogP contribution in [0.5, 0.6) is 5.75 Å². The first-order valence-electron chi connectivity index (χ1n) is 5.90. The van der Waals surface area contributed by atoms with Gasteiger partial charge < -0.3 is 9.15 Å². The van der Waals surface area contributed by atoms with Gasteiger partial charge in [0.05, 0.1) is 12.8 Å². The summed E-state index contributed by atoms with van der Waals surface area (Å²) in [4.78, 5) is 6.48. The van der Waals surface area contributed by atoms with Crippen molar-refractivity contribution in [2.24, 2.45) is 0 Å². The summed E-state index contributed by atoms with van der Waals surface area (Å²) < 4.78 is 10.4. The Morgan fingerprint density at radius 1 is 1.33 bits per heavy atom. The lowest BCUT2D eigenvalue weighted by molar-refractivity contribution is 0.314. The van der Waals surface area contributed by atoms with Gasteiger partial charge in [0.1, 0.15) is 12.0 Å². The second kappa shape index (κ2) is 5.69. The zero-order valence-corrected chi connectivity index (χ0v) is 11.0. The van der Waals surface area contributed by atoms with E-state index in [-0.39, 0.29) is 0 Å². The summed E-state index contributed by atoms with van der Waals surface area (Å²) >= 11 is 0. The van der Waals surface area contributed by atoms with E-state index >= 15 is 0 Å². The largest absolute Gasteiger partial charge is 0.497 e. The van der Waals surface area contributed by atoms with E-state index in [1.54, 1.807) is 13.4 Å². The number of oxazole rings is 1. The van der Waals surface area contributed by atoms with Gasteiger partial charge in [-0.1, -0.05) is 12.1 Å². The molecule has 0 bridgehead atoms. The molecule has 96 valence electrons. The van der Waals surface area contributed by atoms with Crippen LogP contribution in [-0.2, 0) is 13.1 Å². The van der Waals surface area contributed by atoms with Crippen LogP contribution >= 0.6 is 0 Å². The van der Waals surface area contributed by atoms with Crippen molar-refractivity contribution in [2.45, 2.75) is 20.0 Å². The minimum Gasteiger partial charge on any atom is -0.497 e. The number of ether oxygens (including phenoxy) is 1. The zero-order chi connectivity index (χ0) is 13.0. The molecule has 0 radical (unpaired) electrons. The summed E-state index contributed by atoms with van der Waals surface area (Å²) in [6, 6.07) is 8.09. The molecule has 4 nitrogen and oxygen atoms in total. The molecule has 1 heterocycles. The van der Waals surface area contributed by atoms with Crippen molar-refractivity contribution >= 4 is 0 Å². The van der Waals surface area contributed by atoms with Crippen LogP contribution in [0.3, 0.4) is 0 Å². The Morgan fingerprint density at radius 2 is 2.17 bits per heavy atom. The molecule has 0 spiro atoms. The molecule has 18 heavy (non-hydrogen) atoms. The van der Waals surface area contributed by atoms with Crippen LogP contribution in [0.15, 0.2) is 34.9 Å². The molecule has 2 aromatic rings. The molecule has 1 aromatic heterocycles. The molecule has 0 atom stereocenters. The SMILES string of the molecule is COc1cccc(CN(C)Cc2coc(C)n2)c1. The number of nitrogens with zero attached hydrogens (tertiary/aromatic N) is 2. The third-order valence-electron chi connectivity index (χ3n) is 2.69. The third-order valence-corrected chi connectivity index (χ3v) is 2.69. The van der Waals surface area contributed by atoms with Crippen molar-refractivity contribution in [3.63, 3.8) is 0 Å². The average molecular weight is 246 g/mol. The predicted molar refractivity (Wildman–Crippen MR) is 69.4 cm³/mol. The van der Waals surface area contributed by atoms with Gasteiger partial charge in [0.25, 0.3) is 0 Å². The Kier molecular flexibility index (Phi) is 3.99. The highest BCUT2D eigenvalue weighted by Gasteiger charge is 2.06. The van der Waals surface area contributed by atoms with E-state index in [9.17, 15) is 0 Å². The Hall–Kier alpha value is -1.81. The predicted octanol–water partition coefficient (Wildman–Crippen LogP) is 2.62. The lowest BCUT2D eigenvalue weighted by atomic mass is 10.2. The zero-order valence-electron chi connectivity index (χ0n) is 11.0. The van der Waals surface area contributed by atoms with E-state index < -0.39 is 0 Å². The van der Waals surface area contributed by atoms with E-state index in [0.29, 0.717) is 5.89 Å². The van der Waals surface area contributed by atoms with E-state index in [1.165, 1.54) is 5.56 Å². The number of aromatic nitrogens is 1. The Balaban J connectivity index is 1.96. The Bertz CT molecular complexity index is 508. The van der Waals surface area contributed by atoms with Crippen LogP contribution < -0.4 is 4.74 Å². The molecule has 0 fully saturated rings. The molecule has 0 aliphatic rings. The summed E-state index contributed by atoms with van der Waals surface area (Å²) in [7, 11) is 3.74. The van der Waals surface area contributed by atoms with Gasteiger partial charge >= 0.3 is 0 Å². The molecule has 0 unspecified atom stereocenters. The number of rotatable bonds is 5. The van der Waals surface area contributed by atoms with Gasteiger partial charge in [-0.3, -0.25) is 4.90 Å². The summed E-state index contributed by atoms with van der Waals surface area (Å²) in [5, 5.41) is 0. The first kappa shape index (κ1) is 12.6. The van der Waals surface area contributed by atoms with E-state index in [2.05, 4.69) is 23.0 Å². The molecule has 2 rings (SSSR count). The van der Waals surface area contributed by atoms with E-state index in [0.717, 1.165) is 24.5 Å². The maximum Gasteiger partial charge on any atom is 0.191 e. The summed E-state index contributed by atoms with van der Waals surface area (Å²) in [5.41, 5.74) is 2.18. The number of hydrogen-bond donors (Lipinski definition) is 0. The lowest BCUT2D eigenvalue weighted by Crippen LogP contribution is -2.17. The van der Waals surface area contributed by atoms with E-state index in [4.69, 9.17) is 9.15 Å². The molecule has 1 aromatic carbocycles. The first-order valence-corrected chi connectivity index (χ1v) is 5.90. The van der Waals surface area contributed by atoms with Crippen LogP contribution in [0.4, 0.5) is 0 Å². The molecule has 0 amide bonds. The summed E-state index contributed by atoms with van der Waals surface area (Å²) in [5.74, 6) is 1.60. The van der Waals surface area contributed by atoms with Crippen molar-refractivity contribution in [1.82, 2.24) is 9.88 Å². The maximum absolute atomic E-state index is 5.21. The van der Waals surface area contributed by atoms with Crippen molar-refractivity contribution in [3.05, 3.63) is 47.7 Å². The van der Waals surface area contributed by atoms with Crippen LogP contribution in [0.2, 0.25) is 0 Å². The van der Waals surface area contributed by atoms with Gasteiger partial charge in [0.15, 0.2) is 5.89 Å². The highest BCUT2D eigenvalue weighted by molar-refractivity contribution is 5.28. The minimum absolute atomic E-state index is 0.708. The molecular weight excluding hydrogens is 228 g/mol. The summed E-state index contributed by atoms with van der Waals surface area (Å²) in [6.45, 7) is 3.48. The third kappa shape index (κ3) is 3.34. The summed E-state index contributed by atoms with van der Waals surface area (Å²) in [6.07, 6.45) is 1.71. The number of hydrogen-bond acceptors (Lipinski definition) is 4. The second-order valence-corrected chi connectivity index (χ2v) is 4.38. The fourth-order valence-corrected chi connectivity index (χ4v) is 1.90. The Labute approximate surface area is 107 Å². The fraction of sp³-hybridized carbons (Fsp3) is 0.357. The van der Waals surface area contributed by atoms with Crippen molar-refractivity contribution in [1.29, 1.82) is 0 Å². The minimum atomic E-state index is 0.708. The standard InChI is InChI=1S/C14H18N2O2/c1-11-15-13(10-18-11)9-16(2)8-12-5-4-6-14(7-12)17-3/h4-7,10H,8-9H2,1-3H3. The van der Waals surface area contributed by atoms with Gasteiger partial charge in [-0.05, 0) is 24.7 Å². The number of benzene rings is 1. The maximum atomic E-state index is 5.21. The first-order chi connectivity index (χ1) is 8.67. The van der Waals surface area contributed by atoms with Crippen LogP contribution in [0.25, 0.3) is 0 Å². The van der Waals surface area contributed by atoms with Gasteiger partial charge in [-0.25, -0.2) is 4.98 Å². The number of methoxy groups -OCH3 is 1. The smallest absolute Gasteiger partial charge is 0.191 e. The van der Waals surface area contributed by atoms with Crippen molar-refractivity contribution in [3.8, 4) is 5.75 Å². The van der Waals surface area contributed by atoms with Gasteiger partial charge in [-0.15, -0.1) is 0 Å². The van der Waals surface area contributed by atoms with Crippen LogP contribution in [-0.4, -0.2) is 24.0 Å². The monoisotopic (exact) mass is 246 g/mol. The molecule has 0 aliphatic heterocycles. The Morgan fingerprint density at radius 3 is 2.83 bits per heavy atom. The molecule has 4 heteroatoms.